The lowest BCUT2D eigenvalue weighted by molar-refractivity contribution is 0.208. The van der Waals surface area contributed by atoms with Gasteiger partial charge in [0, 0.05) is 29.0 Å². The number of H-pyrrole nitrogens is 1. The number of amides is 2. The van der Waals surface area contributed by atoms with Gasteiger partial charge in [-0.15, -0.1) is 0 Å². The normalized spacial score (nSPS) is 12.1. The first-order valence-electron chi connectivity index (χ1n) is 8.18. The molecule has 0 saturated heterocycles. The number of pyridine rings is 1. The second-order valence-corrected chi connectivity index (χ2v) is 7.11. The Hall–Kier alpha value is -2.64. The van der Waals surface area contributed by atoms with E-state index in [9.17, 15) is 18.4 Å². The first kappa shape index (κ1) is 20.1. The van der Waals surface area contributed by atoms with E-state index in [2.05, 4.69) is 10.3 Å². The number of nitrogens with zero attached hydrogens (tertiary/aromatic N) is 1. The summed E-state index contributed by atoms with van der Waals surface area (Å²) in [6.07, 6.45) is 1.38. The number of carbonyl (C=O) groups is 1. The Bertz CT molecular complexity index is 1110. The van der Waals surface area contributed by atoms with Gasteiger partial charge in [-0.3, -0.25) is 4.79 Å². The maximum Gasteiger partial charge on any atom is 0.322 e. The highest BCUT2D eigenvalue weighted by Gasteiger charge is 2.22. The van der Waals surface area contributed by atoms with Crippen LogP contribution in [0.1, 0.15) is 18.5 Å². The molecular weight excluding hydrogens is 411 g/mol. The molecule has 28 heavy (non-hydrogen) atoms. The number of nitrogens with one attached hydrogen (secondary N) is 2. The Morgan fingerprint density at radius 3 is 2.46 bits per heavy atom. The number of benzene rings is 2. The molecule has 0 spiro atoms. The summed E-state index contributed by atoms with van der Waals surface area (Å²) in [6, 6.07) is 5.82. The average molecular weight is 426 g/mol. The lowest BCUT2D eigenvalue weighted by Gasteiger charge is -2.26. The third kappa shape index (κ3) is 3.81. The van der Waals surface area contributed by atoms with Crippen molar-refractivity contribution < 1.29 is 13.6 Å². The fourth-order valence-corrected chi connectivity index (χ4v) is 3.40. The van der Waals surface area contributed by atoms with Crippen LogP contribution >= 0.6 is 23.2 Å². The van der Waals surface area contributed by atoms with Gasteiger partial charge in [-0.1, -0.05) is 29.3 Å². The first-order valence-corrected chi connectivity index (χ1v) is 8.94. The van der Waals surface area contributed by atoms with Crippen LogP contribution < -0.4 is 10.9 Å². The van der Waals surface area contributed by atoms with E-state index in [-0.39, 0.29) is 10.8 Å². The Labute approximate surface area is 168 Å². The zero-order chi connectivity index (χ0) is 20.6. The van der Waals surface area contributed by atoms with Crippen LogP contribution in [0.3, 0.4) is 0 Å². The van der Waals surface area contributed by atoms with Crippen LogP contribution in [0.5, 0.6) is 0 Å². The number of rotatable bonds is 3. The Morgan fingerprint density at radius 1 is 1.18 bits per heavy atom. The molecule has 0 aliphatic carbocycles. The van der Waals surface area contributed by atoms with Gasteiger partial charge >= 0.3 is 6.03 Å². The SMILES string of the molecule is C[C@@H](c1c[nH]c(=O)c2c(F)c(F)ccc12)N(C)C(=O)Nc1cc(Cl)cc(Cl)c1. The summed E-state index contributed by atoms with van der Waals surface area (Å²) in [7, 11) is 1.53. The summed E-state index contributed by atoms with van der Waals surface area (Å²) < 4.78 is 27.6. The summed E-state index contributed by atoms with van der Waals surface area (Å²) in [5.74, 6) is -2.35. The minimum absolute atomic E-state index is 0.223. The van der Waals surface area contributed by atoms with Crippen LogP contribution in [0.4, 0.5) is 19.3 Å². The van der Waals surface area contributed by atoms with Crippen LogP contribution in [-0.4, -0.2) is 23.0 Å². The zero-order valence-corrected chi connectivity index (χ0v) is 16.3. The number of carbonyl (C=O) groups excluding carboxylic acids is 1. The lowest BCUT2D eigenvalue weighted by atomic mass is 10.0. The van der Waals surface area contributed by atoms with Gasteiger partial charge < -0.3 is 15.2 Å². The van der Waals surface area contributed by atoms with Gasteiger partial charge in [0.05, 0.1) is 11.4 Å². The van der Waals surface area contributed by atoms with E-state index in [0.717, 1.165) is 6.07 Å². The van der Waals surface area contributed by atoms with Crippen molar-refractivity contribution >= 4 is 45.7 Å². The summed E-state index contributed by atoms with van der Waals surface area (Å²) in [5, 5.41) is 3.23. The van der Waals surface area contributed by atoms with Gasteiger partial charge in [-0.2, -0.15) is 0 Å². The Balaban J connectivity index is 1.94. The predicted octanol–water partition coefficient (Wildman–Crippen LogP) is 5.34. The Kier molecular flexibility index (Phi) is 5.58. The standard InChI is InChI=1S/C19H15Cl2F2N3O2/c1-9(26(2)19(28)25-12-6-10(20)5-11(21)7-12)14-8-24-18(27)16-13(14)3-4-15(22)17(16)23/h3-9H,1-2H3,(H,24,27)(H,25,28)/t9-/m0/s1. The molecule has 0 unspecified atom stereocenters. The van der Waals surface area contributed by atoms with E-state index in [1.165, 1.54) is 42.4 Å². The van der Waals surface area contributed by atoms with E-state index < -0.39 is 29.3 Å². The fraction of sp³-hybridized carbons (Fsp3) is 0.158. The van der Waals surface area contributed by atoms with Crippen LogP contribution in [0, 0.1) is 11.6 Å². The van der Waals surface area contributed by atoms with Gasteiger partial charge in [0.25, 0.3) is 5.56 Å². The topological polar surface area (TPSA) is 65.2 Å². The van der Waals surface area contributed by atoms with Crippen LogP contribution in [0.15, 0.2) is 41.3 Å². The van der Waals surface area contributed by atoms with Crippen molar-refractivity contribution in [3.05, 3.63) is 74.1 Å². The number of hydrogen-bond acceptors (Lipinski definition) is 2. The van der Waals surface area contributed by atoms with Crippen molar-refractivity contribution in [3.8, 4) is 0 Å². The molecular formula is C19H15Cl2F2N3O2. The fourth-order valence-electron chi connectivity index (χ4n) is 2.87. The van der Waals surface area contributed by atoms with Crippen molar-refractivity contribution in [2.24, 2.45) is 0 Å². The number of halogens is 4. The molecule has 1 atom stereocenters. The quantitative estimate of drug-likeness (QED) is 0.594. The number of anilines is 1. The van der Waals surface area contributed by atoms with E-state index in [1.807, 2.05) is 0 Å². The molecule has 1 heterocycles. The molecule has 0 aliphatic heterocycles. The van der Waals surface area contributed by atoms with Gasteiger partial charge in [-0.25, -0.2) is 13.6 Å². The van der Waals surface area contributed by atoms with Gasteiger partial charge in [0.2, 0.25) is 0 Å². The van der Waals surface area contributed by atoms with Crippen molar-refractivity contribution in [2.45, 2.75) is 13.0 Å². The number of fused-ring (bicyclic) bond motifs is 1. The molecule has 3 aromatic rings. The molecule has 146 valence electrons. The monoisotopic (exact) mass is 425 g/mol. The summed E-state index contributed by atoms with van der Waals surface area (Å²) in [5.41, 5.74) is 0.111. The Morgan fingerprint density at radius 2 is 1.82 bits per heavy atom. The van der Waals surface area contributed by atoms with E-state index in [1.54, 1.807) is 6.92 Å². The number of hydrogen-bond donors (Lipinski definition) is 2. The number of aromatic nitrogens is 1. The molecule has 1 aromatic heterocycles. The smallest absolute Gasteiger partial charge is 0.322 e. The predicted molar refractivity (Wildman–Crippen MR) is 106 cm³/mol. The average Bonchev–Trinajstić information content (AvgIpc) is 2.62. The highest BCUT2D eigenvalue weighted by molar-refractivity contribution is 6.35. The molecule has 2 aromatic carbocycles. The van der Waals surface area contributed by atoms with Crippen LogP contribution in [0.2, 0.25) is 10.0 Å². The third-order valence-electron chi connectivity index (χ3n) is 4.46. The summed E-state index contributed by atoms with van der Waals surface area (Å²) in [4.78, 5) is 28.3. The minimum Gasteiger partial charge on any atom is -0.328 e. The molecule has 0 radical (unpaired) electrons. The first-order chi connectivity index (χ1) is 13.2. The molecule has 2 N–H and O–H groups in total. The molecule has 9 heteroatoms. The second-order valence-electron chi connectivity index (χ2n) is 6.23. The molecule has 2 amide bonds. The van der Waals surface area contributed by atoms with Gasteiger partial charge in [-0.05, 0) is 42.1 Å². The second kappa shape index (κ2) is 7.77. The largest absolute Gasteiger partial charge is 0.328 e. The van der Waals surface area contributed by atoms with Gasteiger partial charge in [0.15, 0.2) is 11.6 Å². The van der Waals surface area contributed by atoms with Crippen molar-refractivity contribution in [1.29, 1.82) is 0 Å². The third-order valence-corrected chi connectivity index (χ3v) is 4.89. The molecule has 5 nitrogen and oxygen atoms in total. The van der Waals surface area contributed by atoms with Crippen LogP contribution in [0.25, 0.3) is 10.8 Å². The summed E-state index contributed by atoms with van der Waals surface area (Å²) >= 11 is 11.9. The molecule has 0 fully saturated rings. The number of aromatic amines is 1. The van der Waals surface area contributed by atoms with Crippen molar-refractivity contribution in [1.82, 2.24) is 9.88 Å². The van der Waals surface area contributed by atoms with Crippen molar-refractivity contribution in [3.63, 3.8) is 0 Å². The number of urea groups is 1. The minimum atomic E-state index is -1.23. The molecule has 0 aliphatic rings. The van der Waals surface area contributed by atoms with E-state index in [4.69, 9.17) is 23.2 Å². The van der Waals surface area contributed by atoms with Crippen molar-refractivity contribution in [2.75, 3.05) is 12.4 Å². The highest BCUT2D eigenvalue weighted by atomic mass is 35.5. The van der Waals surface area contributed by atoms with Gasteiger partial charge in [0.1, 0.15) is 0 Å². The van der Waals surface area contributed by atoms with E-state index >= 15 is 0 Å². The maximum atomic E-state index is 14.1. The summed E-state index contributed by atoms with van der Waals surface area (Å²) in [6.45, 7) is 1.69. The molecule has 0 bridgehead atoms. The zero-order valence-electron chi connectivity index (χ0n) is 14.8. The maximum absolute atomic E-state index is 14.1. The lowest BCUT2D eigenvalue weighted by Crippen LogP contribution is -2.34. The highest BCUT2D eigenvalue weighted by Crippen LogP contribution is 2.28. The molecule has 3 rings (SSSR count). The molecule has 0 saturated carbocycles. The van der Waals surface area contributed by atoms with E-state index in [0.29, 0.717) is 21.3 Å². The van der Waals surface area contributed by atoms with Crippen LogP contribution in [-0.2, 0) is 0 Å².